The van der Waals surface area contributed by atoms with Crippen molar-refractivity contribution in [3.63, 3.8) is 0 Å². The molecule has 2 aromatic carbocycles. The topological polar surface area (TPSA) is 97.4 Å². The molecule has 1 heterocycles. The average molecular weight is 476 g/mol. The zero-order valence-corrected chi connectivity index (χ0v) is 17.8. The third kappa shape index (κ3) is 5.55. The summed E-state index contributed by atoms with van der Waals surface area (Å²) < 4.78 is 33.7. The molecule has 0 aliphatic heterocycles. The van der Waals surface area contributed by atoms with Crippen molar-refractivity contribution in [1.82, 2.24) is 10.3 Å². The Kier molecular flexibility index (Phi) is 6.50. The van der Waals surface area contributed by atoms with Gasteiger partial charge in [-0.25, -0.2) is 13.4 Å². The molecule has 0 atom stereocenters. The number of carbonyl (C=O) groups excluding carboxylic acids is 1. The second-order valence-corrected chi connectivity index (χ2v) is 8.53. The third-order valence-electron chi connectivity index (χ3n) is 3.79. The standard InChI is InChI=1S/C20H18BrN3O4S/c1-2-22-20(25)14-3-8-17(9-4-14)28-19-12-7-16(13-23-19)24-29(26,27)18-10-5-15(21)6-11-18/h3-13,24H,2H2,1H3,(H,22,25). The second kappa shape index (κ2) is 9.06. The first-order chi connectivity index (χ1) is 13.9. The number of nitrogens with one attached hydrogen (secondary N) is 2. The van der Waals surface area contributed by atoms with Crippen molar-refractivity contribution in [2.75, 3.05) is 11.3 Å². The van der Waals surface area contributed by atoms with Crippen LogP contribution in [0.4, 0.5) is 5.69 Å². The largest absolute Gasteiger partial charge is 0.439 e. The van der Waals surface area contributed by atoms with Gasteiger partial charge in [-0.3, -0.25) is 9.52 Å². The van der Waals surface area contributed by atoms with Gasteiger partial charge in [0, 0.05) is 22.6 Å². The van der Waals surface area contributed by atoms with E-state index in [0.29, 0.717) is 29.4 Å². The van der Waals surface area contributed by atoms with Crippen LogP contribution in [0, 0.1) is 0 Å². The van der Waals surface area contributed by atoms with E-state index in [9.17, 15) is 13.2 Å². The first-order valence-corrected chi connectivity index (χ1v) is 11.0. The van der Waals surface area contributed by atoms with Crippen LogP contribution >= 0.6 is 15.9 Å². The lowest BCUT2D eigenvalue weighted by molar-refractivity contribution is 0.0956. The van der Waals surface area contributed by atoms with Gasteiger partial charge in [0.15, 0.2) is 0 Å². The van der Waals surface area contributed by atoms with Crippen LogP contribution in [0.15, 0.2) is 76.2 Å². The van der Waals surface area contributed by atoms with Crippen LogP contribution in [0.1, 0.15) is 17.3 Å². The lowest BCUT2D eigenvalue weighted by Crippen LogP contribution is -2.22. The summed E-state index contributed by atoms with van der Waals surface area (Å²) in [6, 6.07) is 16.1. The summed E-state index contributed by atoms with van der Waals surface area (Å²) in [5, 5.41) is 2.72. The average Bonchev–Trinajstić information content (AvgIpc) is 2.70. The van der Waals surface area contributed by atoms with Gasteiger partial charge in [-0.15, -0.1) is 0 Å². The number of nitrogens with zero attached hydrogens (tertiary/aromatic N) is 1. The molecule has 0 saturated carbocycles. The molecule has 0 bridgehead atoms. The SMILES string of the molecule is CCNC(=O)c1ccc(Oc2ccc(NS(=O)(=O)c3ccc(Br)cc3)cn2)cc1. The number of aromatic nitrogens is 1. The molecule has 0 fully saturated rings. The first-order valence-electron chi connectivity index (χ1n) is 8.68. The molecule has 1 aromatic heterocycles. The molecule has 1 amide bonds. The molecule has 3 aromatic rings. The Labute approximate surface area is 177 Å². The highest BCUT2D eigenvalue weighted by Gasteiger charge is 2.14. The number of benzene rings is 2. The van der Waals surface area contributed by atoms with Gasteiger partial charge in [0.05, 0.1) is 16.8 Å². The van der Waals surface area contributed by atoms with E-state index in [2.05, 4.69) is 31.0 Å². The molecule has 7 nitrogen and oxygen atoms in total. The minimum Gasteiger partial charge on any atom is -0.439 e. The number of carbonyl (C=O) groups is 1. The van der Waals surface area contributed by atoms with Gasteiger partial charge >= 0.3 is 0 Å². The fourth-order valence-electron chi connectivity index (χ4n) is 2.39. The van der Waals surface area contributed by atoms with E-state index in [1.54, 1.807) is 48.5 Å². The Hall–Kier alpha value is -2.91. The van der Waals surface area contributed by atoms with Gasteiger partial charge < -0.3 is 10.1 Å². The molecule has 0 aliphatic rings. The lowest BCUT2D eigenvalue weighted by Gasteiger charge is -2.09. The highest BCUT2D eigenvalue weighted by atomic mass is 79.9. The second-order valence-electron chi connectivity index (χ2n) is 5.93. The normalized spacial score (nSPS) is 11.0. The van der Waals surface area contributed by atoms with Crippen molar-refractivity contribution in [3.8, 4) is 11.6 Å². The number of hydrogen-bond donors (Lipinski definition) is 2. The number of amides is 1. The fourth-order valence-corrected chi connectivity index (χ4v) is 3.69. The van der Waals surface area contributed by atoms with Crippen molar-refractivity contribution in [1.29, 1.82) is 0 Å². The van der Waals surface area contributed by atoms with E-state index in [0.717, 1.165) is 4.47 Å². The minimum absolute atomic E-state index is 0.147. The fraction of sp³-hybridized carbons (Fsp3) is 0.100. The predicted octanol–water partition coefficient (Wildman–Crippen LogP) is 4.19. The van der Waals surface area contributed by atoms with Gasteiger partial charge in [-0.05, 0) is 61.5 Å². The molecule has 3 rings (SSSR count). The van der Waals surface area contributed by atoms with E-state index < -0.39 is 10.0 Å². The Bertz CT molecular complexity index is 1080. The Morgan fingerprint density at radius 1 is 1.03 bits per heavy atom. The molecule has 150 valence electrons. The number of rotatable bonds is 7. The minimum atomic E-state index is -3.71. The molecule has 0 radical (unpaired) electrons. The number of halogens is 1. The number of pyridine rings is 1. The van der Waals surface area contributed by atoms with E-state index in [4.69, 9.17) is 4.74 Å². The van der Waals surface area contributed by atoms with Crippen molar-refractivity contribution in [2.45, 2.75) is 11.8 Å². The summed E-state index contributed by atoms with van der Waals surface area (Å²) in [6.07, 6.45) is 1.37. The quantitative estimate of drug-likeness (QED) is 0.533. The van der Waals surface area contributed by atoms with Crippen LogP contribution in [-0.2, 0) is 10.0 Å². The van der Waals surface area contributed by atoms with Gasteiger partial charge in [0.1, 0.15) is 5.75 Å². The highest BCUT2D eigenvalue weighted by molar-refractivity contribution is 9.10. The van der Waals surface area contributed by atoms with Crippen LogP contribution in [0.5, 0.6) is 11.6 Å². The zero-order valence-electron chi connectivity index (χ0n) is 15.4. The van der Waals surface area contributed by atoms with E-state index >= 15 is 0 Å². The maximum Gasteiger partial charge on any atom is 0.261 e. The lowest BCUT2D eigenvalue weighted by atomic mass is 10.2. The molecule has 0 unspecified atom stereocenters. The number of sulfonamides is 1. The molecule has 9 heteroatoms. The number of hydrogen-bond acceptors (Lipinski definition) is 5. The highest BCUT2D eigenvalue weighted by Crippen LogP contribution is 2.23. The Morgan fingerprint density at radius 3 is 2.31 bits per heavy atom. The van der Waals surface area contributed by atoms with Crippen molar-refractivity contribution >= 4 is 37.5 Å². The molecule has 0 aliphatic carbocycles. The van der Waals surface area contributed by atoms with Gasteiger partial charge in [0.25, 0.3) is 15.9 Å². The number of ether oxygens (including phenoxy) is 1. The van der Waals surface area contributed by atoms with Crippen LogP contribution < -0.4 is 14.8 Å². The van der Waals surface area contributed by atoms with Crippen LogP contribution in [0.2, 0.25) is 0 Å². The third-order valence-corrected chi connectivity index (χ3v) is 5.71. The summed E-state index contributed by atoms with van der Waals surface area (Å²) in [5.41, 5.74) is 0.844. The molecular formula is C20H18BrN3O4S. The molecule has 29 heavy (non-hydrogen) atoms. The summed E-state index contributed by atoms with van der Waals surface area (Å²) >= 11 is 3.27. The van der Waals surface area contributed by atoms with Crippen molar-refractivity contribution < 1.29 is 17.9 Å². The van der Waals surface area contributed by atoms with E-state index in [1.807, 2.05) is 6.92 Å². The summed E-state index contributed by atoms with van der Waals surface area (Å²) in [4.78, 5) is 16.0. The Balaban J connectivity index is 1.65. The first kappa shape index (κ1) is 20.8. The maximum atomic E-state index is 12.4. The molecule has 0 spiro atoms. The molecular weight excluding hydrogens is 458 g/mol. The van der Waals surface area contributed by atoms with Crippen molar-refractivity contribution in [2.24, 2.45) is 0 Å². The summed E-state index contributed by atoms with van der Waals surface area (Å²) in [6.45, 7) is 2.41. The van der Waals surface area contributed by atoms with Gasteiger partial charge in [-0.2, -0.15) is 0 Å². The van der Waals surface area contributed by atoms with Crippen LogP contribution in [-0.4, -0.2) is 25.9 Å². The Morgan fingerprint density at radius 2 is 1.72 bits per heavy atom. The van der Waals surface area contributed by atoms with Crippen LogP contribution in [0.25, 0.3) is 0 Å². The summed E-state index contributed by atoms with van der Waals surface area (Å²) in [5.74, 6) is 0.649. The maximum absolute atomic E-state index is 12.4. The number of anilines is 1. The monoisotopic (exact) mass is 475 g/mol. The van der Waals surface area contributed by atoms with Gasteiger partial charge in [0.2, 0.25) is 5.88 Å². The van der Waals surface area contributed by atoms with Crippen molar-refractivity contribution in [3.05, 3.63) is 76.9 Å². The smallest absolute Gasteiger partial charge is 0.261 e. The van der Waals surface area contributed by atoms with Crippen LogP contribution in [0.3, 0.4) is 0 Å². The summed E-state index contributed by atoms with van der Waals surface area (Å²) in [7, 11) is -3.71. The van der Waals surface area contributed by atoms with Gasteiger partial charge in [-0.1, -0.05) is 15.9 Å². The van der Waals surface area contributed by atoms with E-state index in [1.165, 1.54) is 18.3 Å². The zero-order chi connectivity index (χ0) is 20.9. The van der Waals surface area contributed by atoms with E-state index in [-0.39, 0.29) is 10.8 Å². The predicted molar refractivity (Wildman–Crippen MR) is 114 cm³/mol. The molecule has 0 saturated heterocycles. The molecule has 2 N–H and O–H groups in total.